The van der Waals surface area contributed by atoms with E-state index >= 15 is 0 Å². The Morgan fingerprint density at radius 3 is 1.69 bits per heavy atom. The molecule has 6 aromatic carbocycles. The topological polar surface area (TPSA) is 59.1 Å². The fourth-order valence-corrected chi connectivity index (χ4v) is 5.36. The summed E-state index contributed by atoms with van der Waals surface area (Å²) < 4.78 is 9.51. The molecule has 48 heavy (non-hydrogen) atoms. The first-order valence-electron chi connectivity index (χ1n) is 14.5. The molecule has 0 fully saturated rings. The first kappa shape index (κ1) is 35.4. The molecule has 240 valence electrons. The Hall–Kier alpha value is -3.86. The summed E-state index contributed by atoms with van der Waals surface area (Å²) in [6, 6.07) is 49.0. The molecule has 0 atom stereocenters. The lowest BCUT2D eigenvalue weighted by molar-refractivity contribution is 0.102. The van der Waals surface area contributed by atoms with Gasteiger partial charge in [0.25, 0.3) is 5.91 Å². The second-order valence-corrected chi connectivity index (χ2v) is 17.8. The molecule has 1 amide bonds. The maximum atomic E-state index is 12.4. The smallest absolute Gasteiger partial charge is 0.321 e. The van der Waals surface area contributed by atoms with Crippen LogP contribution in [0.15, 0.2) is 152 Å². The number of nitrogens with one attached hydrogen (secondary N) is 1. The number of rotatable bonds is 4. The molecule has 1 aromatic heterocycles. The third-order valence-electron chi connectivity index (χ3n) is 7.06. The van der Waals surface area contributed by atoms with Gasteiger partial charge in [0.05, 0.1) is 16.9 Å². The van der Waals surface area contributed by atoms with Crippen molar-refractivity contribution in [3.05, 3.63) is 167 Å². The summed E-state index contributed by atoms with van der Waals surface area (Å²) in [5, 5.41) is 4.52. The van der Waals surface area contributed by atoms with E-state index in [1.165, 1.54) is 10.8 Å². The van der Waals surface area contributed by atoms with Crippen LogP contribution in [0.1, 0.15) is 10.4 Å². The van der Waals surface area contributed by atoms with Crippen LogP contribution >= 0.6 is 62.1 Å². The van der Waals surface area contributed by atoms with Crippen LogP contribution in [-0.2, 0) is 4.57 Å². The molecule has 0 aliphatic heterocycles. The Balaban J connectivity index is 0.000000165. The summed E-state index contributed by atoms with van der Waals surface area (Å²) in [6.45, 7) is 0. The van der Waals surface area contributed by atoms with Gasteiger partial charge in [-0.3, -0.25) is 9.36 Å². The molecule has 7 rings (SSSR count). The predicted octanol–water partition coefficient (Wildman–Crippen LogP) is 13.8. The number of fused-ring (bicyclic) bond motifs is 3. The highest BCUT2D eigenvalue weighted by molar-refractivity contribution is 8.24. The van der Waals surface area contributed by atoms with Gasteiger partial charge in [-0.1, -0.05) is 138 Å². The van der Waals surface area contributed by atoms with E-state index in [0.29, 0.717) is 21.3 Å². The molecule has 7 aromatic rings. The Labute approximate surface area is 303 Å². The third kappa shape index (κ3) is 9.84. The van der Waals surface area contributed by atoms with Gasteiger partial charge < -0.3 is 5.32 Å². The van der Waals surface area contributed by atoms with Crippen molar-refractivity contribution in [2.45, 2.75) is 0 Å². The summed E-state index contributed by atoms with van der Waals surface area (Å²) in [5.74, 6) is -0.153. The average Bonchev–Trinajstić information content (AvgIpc) is 3.08. The van der Waals surface area contributed by atoms with Crippen LogP contribution in [0.5, 0.6) is 0 Å². The molecule has 1 N–H and O–H groups in total. The minimum atomic E-state index is -3.22. The van der Waals surface area contributed by atoms with Crippen molar-refractivity contribution in [2.24, 2.45) is 0 Å². The van der Waals surface area contributed by atoms with Gasteiger partial charge >= 0.3 is 5.20 Å². The molecule has 0 saturated carbocycles. The van der Waals surface area contributed by atoms with Gasteiger partial charge in [-0.05, 0) is 81.1 Å². The summed E-state index contributed by atoms with van der Waals surface area (Å²) >= 11 is 26.1. The van der Waals surface area contributed by atoms with Crippen LogP contribution in [0.2, 0.25) is 10.0 Å². The van der Waals surface area contributed by atoms with Crippen LogP contribution < -0.4 is 5.32 Å². The highest BCUT2D eigenvalue weighted by atomic mass is 36.0. The van der Waals surface area contributed by atoms with Crippen molar-refractivity contribution in [2.75, 3.05) is 5.32 Å². The van der Waals surface area contributed by atoms with Crippen molar-refractivity contribution in [3.8, 4) is 22.4 Å². The van der Waals surface area contributed by atoms with E-state index in [1.807, 2.05) is 97.1 Å². The Morgan fingerprint density at radius 2 is 1.06 bits per heavy atom. The Bertz CT molecular complexity index is 2210. The number of halogens is 5. The summed E-state index contributed by atoms with van der Waals surface area (Å²) in [5.41, 5.74) is 6.34. The lowest BCUT2D eigenvalue weighted by Crippen LogP contribution is -2.12. The van der Waals surface area contributed by atoms with Gasteiger partial charge in [-0.15, -0.1) is 0 Å². The number of hydrogen-bond acceptors (Lipinski definition) is 3. The zero-order chi connectivity index (χ0) is 34.1. The molecular weight excluding hydrogens is 725 g/mol. The first-order valence-corrected chi connectivity index (χ1v) is 19.7. The standard InChI is InChI=1S/C19H14ClNO.C19H12ClN.Cl3OP/c20-16-11-12-17(14-7-3-1-4-8-14)18(13-16)21-19(22)15-9-5-2-6-10-15;20-14-10-11-16-15-8-4-5-9-17(15)19(21-18(16)12-14)13-6-2-1-3-7-13;1-5(2,3)4/h1-13H,(H,21,22);1-12H;. The second kappa shape index (κ2) is 16.5. The van der Waals surface area contributed by atoms with Crippen molar-refractivity contribution >= 4 is 95.4 Å². The Kier molecular flexibility index (Phi) is 12.2. The number of hydrogen-bond donors (Lipinski definition) is 1. The maximum Gasteiger partial charge on any atom is 0.339 e. The van der Waals surface area contributed by atoms with E-state index in [0.717, 1.165) is 33.3 Å². The van der Waals surface area contributed by atoms with Crippen LogP contribution in [0.25, 0.3) is 44.1 Å². The van der Waals surface area contributed by atoms with Gasteiger partial charge in [0, 0.05) is 37.5 Å². The number of carbonyl (C=O) groups excluding carboxylic acids is 1. The zero-order valence-corrected chi connectivity index (χ0v) is 29.7. The SMILES string of the molecule is Clc1ccc2c(c1)nc(-c1ccccc1)c1ccccc12.O=C(Nc1cc(Cl)ccc1-c1ccccc1)c1ccccc1.O=P(Cl)(Cl)Cl. The molecule has 4 nitrogen and oxygen atoms in total. The number of nitrogens with zero attached hydrogens (tertiary/aromatic N) is 1. The van der Waals surface area contributed by atoms with E-state index in [-0.39, 0.29) is 5.91 Å². The van der Waals surface area contributed by atoms with Crippen molar-refractivity contribution < 1.29 is 9.36 Å². The molecule has 0 aliphatic rings. The highest BCUT2D eigenvalue weighted by Crippen LogP contribution is 2.61. The van der Waals surface area contributed by atoms with Crippen molar-refractivity contribution in [1.29, 1.82) is 0 Å². The Morgan fingerprint density at radius 1 is 0.562 bits per heavy atom. The quantitative estimate of drug-likeness (QED) is 0.144. The van der Waals surface area contributed by atoms with E-state index in [9.17, 15) is 9.36 Å². The molecule has 0 aliphatic carbocycles. The summed E-state index contributed by atoms with van der Waals surface area (Å²) in [6.07, 6.45) is 0. The lowest BCUT2D eigenvalue weighted by atomic mass is 10.0. The number of benzene rings is 6. The molecule has 1 heterocycles. The van der Waals surface area contributed by atoms with Gasteiger partial charge in [0.1, 0.15) is 0 Å². The zero-order valence-electron chi connectivity index (χ0n) is 25.0. The average molecular weight is 751 g/mol. The van der Waals surface area contributed by atoms with E-state index in [4.69, 9.17) is 28.2 Å². The van der Waals surface area contributed by atoms with Gasteiger partial charge in [0.2, 0.25) is 0 Å². The van der Waals surface area contributed by atoms with Crippen LogP contribution in [0, 0.1) is 0 Å². The third-order valence-corrected chi connectivity index (χ3v) is 7.53. The lowest BCUT2D eigenvalue weighted by Gasteiger charge is -2.12. The molecule has 0 bridgehead atoms. The van der Waals surface area contributed by atoms with E-state index < -0.39 is 5.20 Å². The van der Waals surface area contributed by atoms with Gasteiger partial charge in [-0.2, -0.15) is 0 Å². The van der Waals surface area contributed by atoms with Crippen molar-refractivity contribution in [1.82, 2.24) is 4.98 Å². The second-order valence-electron chi connectivity index (χ2n) is 10.3. The number of carbonyl (C=O) groups is 1. The van der Waals surface area contributed by atoms with E-state index in [1.54, 1.807) is 18.2 Å². The van der Waals surface area contributed by atoms with Crippen LogP contribution in [0.3, 0.4) is 0 Å². The largest absolute Gasteiger partial charge is 0.339 e. The maximum absolute atomic E-state index is 12.4. The number of amides is 1. The number of anilines is 1. The summed E-state index contributed by atoms with van der Waals surface area (Å²) in [7, 11) is 0. The van der Waals surface area contributed by atoms with Crippen molar-refractivity contribution in [3.63, 3.8) is 0 Å². The molecule has 0 spiro atoms. The molecule has 10 heteroatoms. The summed E-state index contributed by atoms with van der Waals surface area (Å²) in [4.78, 5) is 17.2. The molecule has 0 radical (unpaired) electrons. The number of pyridine rings is 1. The monoisotopic (exact) mass is 748 g/mol. The minimum absolute atomic E-state index is 0.153. The molecular formula is C38H26Cl5N2O2P. The number of aromatic nitrogens is 1. The first-order chi connectivity index (χ1) is 23.1. The van der Waals surface area contributed by atoms with Crippen LogP contribution in [0.4, 0.5) is 5.69 Å². The van der Waals surface area contributed by atoms with Gasteiger partial charge in [-0.25, -0.2) is 4.98 Å². The van der Waals surface area contributed by atoms with Gasteiger partial charge in [0.15, 0.2) is 0 Å². The van der Waals surface area contributed by atoms with E-state index in [2.05, 4.69) is 75.4 Å². The molecule has 0 unspecified atom stereocenters. The molecule has 0 saturated heterocycles. The fourth-order valence-electron chi connectivity index (χ4n) is 5.02. The normalized spacial score (nSPS) is 10.8. The minimum Gasteiger partial charge on any atom is -0.321 e. The highest BCUT2D eigenvalue weighted by Gasteiger charge is 2.12. The fraction of sp³-hybridized carbons (Fsp3) is 0. The van der Waals surface area contributed by atoms with Crippen LogP contribution in [-0.4, -0.2) is 10.9 Å². The predicted molar refractivity (Wildman–Crippen MR) is 206 cm³/mol.